The number of carbonyl (C=O) groups is 2. The zero-order chi connectivity index (χ0) is 13.9. The summed E-state index contributed by atoms with van der Waals surface area (Å²) in [5, 5.41) is 28.0. The third-order valence-corrected chi connectivity index (χ3v) is 2.26. The molecule has 96 valence electrons. The van der Waals surface area contributed by atoms with Gasteiger partial charge in [-0.25, -0.2) is 4.39 Å². The normalized spacial score (nSPS) is 10.3. The number of hydrogen-bond acceptors (Lipinski definition) is 4. The molecule has 0 saturated carbocycles. The number of benzene rings is 1. The van der Waals surface area contributed by atoms with Crippen LogP contribution in [0, 0.1) is 21.8 Å². The number of nitro groups is 1. The number of aliphatic carboxylic acids is 2. The zero-order valence-electron chi connectivity index (χ0n) is 8.87. The van der Waals surface area contributed by atoms with E-state index in [0.717, 1.165) is 18.2 Å². The summed E-state index contributed by atoms with van der Waals surface area (Å²) in [6, 6.07) is 2.47. The first-order valence-corrected chi connectivity index (χ1v) is 4.71. The molecule has 0 spiro atoms. The molecule has 0 aliphatic carbocycles. The summed E-state index contributed by atoms with van der Waals surface area (Å²) in [6.45, 7) is 0. The van der Waals surface area contributed by atoms with Crippen molar-refractivity contribution in [2.24, 2.45) is 5.92 Å². The Morgan fingerprint density at radius 1 is 1.33 bits per heavy atom. The van der Waals surface area contributed by atoms with Gasteiger partial charge in [0.05, 0.1) is 4.92 Å². The molecule has 0 bridgehead atoms. The van der Waals surface area contributed by atoms with Crippen molar-refractivity contribution >= 4 is 17.6 Å². The van der Waals surface area contributed by atoms with Gasteiger partial charge in [-0.15, -0.1) is 0 Å². The second kappa shape index (κ2) is 5.21. The lowest BCUT2D eigenvalue weighted by molar-refractivity contribution is -0.385. The molecular formula is C10H8FNO6. The van der Waals surface area contributed by atoms with Crippen LogP contribution in [0.4, 0.5) is 10.1 Å². The van der Waals surface area contributed by atoms with Crippen LogP contribution in [0.5, 0.6) is 0 Å². The Bertz CT molecular complexity index is 501. The Labute approximate surface area is 99.6 Å². The fourth-order valence-electron chi connectivity index (χ4n) is 1.40. The monoisotopic (exact) mass is 257 g/mol. The van der Waals surface area contributed by atoms with E-state index in [-0.39, 0.29) is 5.56 Å². The maximum absolute atomic E-state index is 12.9. The number of carboxylic acid groups (broad SMARTS) is 2. The molecule has 0 aliphatic rings. The average molecular weight is 257 g/mol. The summed E-state index contributed by atoms with van der Waals surface area (Å²) in [5.74, 6) is -5.93. The topological polar surface area (TPSA) is 118 Å². The van der Waals surface area contributed by atoms with E-state index in [0.29, 0.717) is 0 Å². The number of carboxylic acids is 2. The highest BCUT2D eigenvalue weighted by Crippen LogP contribution is 2.23. The first kappa shape index (κ1) is 13.6. The fraction of sp³-hybridized carbons (Fsp3) is 0.200. The maximum atomic E-state index is 12.9. The number of nitrogens with zero attached hydrogens (tertiary/aromatic N) is 1. The van der Waals surface area contributed by atoms with E-state index >= 15 is 0 Å². The van der Waals surface area contributed by atoms with Crippen LogP contribution in [0.15, 0.2) is 18.2 Å². The molecular weight excluding hydrogens is 249 g/mol. The molecule has 0 aliphatic heterocycles. The molecule has 0 aromatic heterocycles. The van der Waals surface area contributed by atoms with Crippen molar-refractivity contribution in [1.82, 2.24) is 0 Å². The number of halogens is 1. The summed E-state index contributed by atoms with van der Waals surface area (Å²) >= 11 is 0. The van der Waals surface area contributed by atoms with Gasteiger partial charge in [0.1, 0.15) is 5.82 Å². The maximum Gasteiger partial charge on any atom is 0.318 e. The summed E-state index contributed by atoms with van der Waals surface area (Å²) in [7, 11) is 0. The quantitative estimate of drug-likeness (QED) is 0.462. The molecule has 0 saturated heterocycles. The molecule has 0 radical (unpaired) electrons. The molecule has 0 fully saturated rings. The third-order valence-electron chi connectivity index (χ3n) is 2.26. The van der Waals surface area contributed by atoms with Gasteiger partial charge >= 0.3 is 11.9 Å². The average Bonchev–Trinajstić information content (AvgIpc) is 2.24. The van der Waals surface area contributed by atoms with Crippen LogP contribution < -0.4 is 0 Å². The van der Waals surface area contributed by atoms with Crippen molar-refractivity contribution in [1.29, 1.82) is 0 Å². The largest absolute Gasteiger partial charge is 0.481 e. The molecule has 2 N–H and O–H groups in total. The van der Waals surface area contributed by atoms with E-state index in [1.807, 2.05) is 0 Å². The van der Waals surface area contributed by atoms with Crippen molar-refractivity contribution in [3.63, 3.8) is 0 Å². The summed E-state index contributed by atoms with van der Waals surface area (Å²) in [6.07, 6.45) is -0.654. The lowest BCUT2D eigenvalue weighted by Gasteiger charge is -2.07. The van der Waals surface area contributed by atoms with Gasteiger partial charge < -0.3 is 10.2 Å². The molecule has 0 atom stereocenters. The molecule has 1 aromatic carbocycles. The predicted molar refractivity (Wildman–Crippen MR) is 55.5 cm³/mol. The summed E-state index contributed by atoms with van der Waals surface area (Å²) < 4.78 is 12.9. The molecule has 1 rings (SSSR count). The van der Waals surface area contributed by atoms with Crippen LogP contribution in [-0.4, -0.2) is 27.1 Å². The molecule has 1 aromatic rings. The van der Waals surface area contributed by atoms with E-state index < -0.39 is 40.7 Å². The SMILES string of the molecule is O=C(O)C(Cc1cc(F)ccc1[N+](=O)[O-])C(=O)O. The van der Waals surface area contributed by atoms with Crippen LogP contribution >= 0.6 is 0 Å². The minimum Gasteiger partial charge on any atom is -0.481 e. The van der Waals surface area contributed by atoms with E-state index in [1.165, 1.54) is 0 Å². The number of hydrogen-bond donors (Lipinski definition) is 2. The third kappa shape index (κ3) is 3.00. The molecule has 0 heterocycles. The van der Waals surface area contributed by atoms with E-state index in [9.17, 15) is 24.1 Å². The minimum atomic E-state index is -1.86. The van der Waals surface area contributed by atoms with Gasteiger partial charge in [0, 0.05) is 18.1 Å². The van der Waals surface area contributed by atoms with Gasteiger partial charge in [-0.3, -0.25) is 19.7 Å². The van der Waals surface area contributed by atoms with Crippen molar-refractivity contribution in [2.45, 2.75) is 6.42 Å². The highest BCUT2D eigenvalue weighted by Gasteiger charge is 2.29. The summed E-state index contributed by atoms with van der Waals surface area (Å²) in [5.41, 5.74) is -0.779. The molecule has 7 nitrogen and oxygen atoms in total. The van der Waals surface area contributed by atoms with Crippen LogP contribution in [0.2, 0.25) is 0 Å². The molecule has 8 heteroatoms. The standard InChI is InChI=1S/C10H8FNO6/c11-6-1-2-8(12(17)18)5(3-6)4-7(9(13)14)10(15)16/h1-3,7H,4H2,(H,13,14)(H,15,16). The first-order valence-electron chi connectivity index (χ1n) is 4.71. The van der Waals surface area contributed by atoms with Crippen molar-refractivity contribution in [3.8, 4) is 0 Å². The smallest absolute Gasteiger partial charge is 0.318 e. The van der Waals surface area contributed by atoms with Crippen LogP contribution in [0.3, 0.4) is 0 Å². The van der Waals surface area contributed by atoms with Gasteiger partial charge in [-0.1, -0.05) is 0 Å². The Kier molecular flexibility index (Phi) is 3.93. The summed E-state index contributed by atoms with van der Waals surface area (Å²) in [4.78, 5) is 31.2. The Morgan fingerprint density at radius 2 is 1.89 bits per heavy atom. The van der Waals surface area contributed by atoms with Gasteiger partial charge in [-0.05, 0) is 12.1 Å². The predicted octanol–water partition coefficient (Wildman–Crippen LogP) is 1.06. The highest BCUT2D eigenvalue weighted by atomic mass is 19.1. The second-order valence-electron chi connectivity index (χ2n) is 3.46. The van der Waals surface area contributed by atoms with E-state index in [4.69, 9.17) is 10.2 Å². The Balaban J connectivity index is 3.16. The lowest BCUT2D eigenvalue weighted by atomic mass is 9.98. The van der Waals surface area contributed by atoms with Crippen molar-refractivity contribution in [2.75, 3.05) is 0 Å². The van der Waals surface area contributed by atoms with E-state index in [1.54, 1.807) is 0 Å². The lowest BCUT2D eigenvalue weighted by Crippen LogP contribution is -2.25. The van der Waals surface area contributed by atoms with Crippen LogP contribution in [-0.2, 0) is 16.0 Å². The van der Waals surface area contributed by atoms with Crippen LogP contribution in [0.25, 0.3) is 0 Å². The van der Waals surface area contributed by atoms with Gasteiger partial charge in [-0.2, -0.15) is 0 Å². The molecule has 0 amide bonds. The van der Waals surface area contributed by atoms with E-state index in [2.05, 4.69) is 0 Å². The number of nitro benzene ring substituents is 1. The van der Waals surface area contributed by atoms with Crippen molar-refractivity contribution in [3.05, 3.63) is 39.7 Å². The fourth-order valence-corrected chi connectivity index (χ4v) is 1.40. The van der Waals surface area contributed by atoms with Gasteiger partial charge in [0.25, 0.3) is 5.69 Å². The second-order valence-corrected chi connectivity index (χ2v) is 3.46. The minimum absolute atomic E-state index is 0.269. The highest BCUT2D eigenvalue weighted by molar-refractivity contribution is 5.93. The molecule has 0 unspecified atom stereocenters. The van der Waals surface area contributed by atoms with Crippen LogP contribution in [0.1, 0.15) is 5.56 Å². The number of rotatable bonds is 5. The van der Waals surface area contributed by atoms with Gasteiger partial charge in [0.2, 0.25) is 0 Å². The van der Waals surface area contributed by atoms with Gasteiger partial charge in [0.15, 0.2) is 5.92 Å². The van der Waals surface area contributed by atoms with Crippen molar-refractivity contribution < 1.29 is 29.1 Å². The zero-order valence-corrected chi connectivity index (χ0v) is 8.87. The molecule has 18 heavy (non-hydrogen) atoms. The first-order chi connectivity index (χ1) is 8.32. The Morgan fingerprint density at radius 3 is 2.33 bits per heavy atom. The Hall–Kier alpha value is -2.51.